The number of esters is 4. The van der Waals surface area contributed by atoms with Gasteiger partial charge < -0.3 is 38.5 Å². The molecule has 7 atom stereocenters. The molecule has 0 aromatic carbocycles. The van der Waals surface area contributed by atoms with Crippen LogP contribution in [0, 0.1) is 10.1 Å². The zero-order valence-corrected chi connectivity index (χ0v) is 22.4. The van der Waals surface area contributed by atoms with Crippen molar-refractivity contribution in [3.63, 3.8) is 0 Å². The Bertz CT molecular complexity index is 901. The third kappa shape index (κ3) is 10.1. The molecule has 1 heterocycles. The molecule has 1 amide bonds. The highest BCUT2D eigenvalue weighted by molar-refractivity contribution is 5.82. The van der Waals surface area contributed by atoms with Gasteiger partial charge in [0.15, 0.2) is 12.1 Å². The molecular weight excluding hydrogens is 516 g/mol. The Balaban J connectivity index is 3.39. The molecular formula is C22H34N2O14. The predicted octanol–water partition coefficient (Wildman–Crippen LogP) is 0.255. The normalized spacial score (nSPS) is 24.7. The van der Waals surface area contributed by atoms with Gasteiger partial charge >= 0.3 is 36.0 Å². The van der Waals surface area contributed by atoms with E-state index >= 15 is 0 Å². The van der Waals surface area contributed by atoms with Crippen molar-refractivity contribution < 1.29 is 62.1 Å². The highest BCUT2D eigenvalue weighted by Crippen LogP contribution is 2.30. The van der Waals surface area contributed by atoms with Crippen molar-refractivity contribution in [1.82, 2.24) is 5.32 Å². The minimum absolute atomic E-state index is 0.555. The van der Waals surface area contributed by atoms with Crippen LogP contribution in [-0.2, 0) is 52.3 Å². The van der Waals surface area contributed by atoms with E-state index in [-0.39, 0.29) is 0 Å². The molecule has 1 aliphatic rings. The first-order valence-corrected chi connectivity index (χ1v) is 11.5. The molecule has 0 saturated carbocycles. The predicted molar refractivity (Wildman–Crippen MR) is 123 cm³/mol. The number of nitrogens with zero attached hydrogens (tertiary/aromatic N) is 1. The molecule has 0 bridgehead atoms. The topological polar surface area (TPSA) is 205 Å². The molecule has 1 fully saturated rings. The van der Waals surface area contributed by atoms with E-state index in [1.54, 1.807) is 20.8 Å². The van der Waals surface area contributed by atoms with Gasteiger partial charge in [-0.3, -0.25) is 24.5 Å². The maximum Gasteiger partial charge on any atom is 0.408 e. The first-order valence-electron chi connectivity index (χ1n) is 11.5. The fourth-order valence-corrected chi connectivity index (χ4v) is 3.44. The number of ether oxygens (including phenoxy) is 7. The van der Waals surface area contributed by atoms with Gasteiger partial charge in [0.05, 0.1) is 13.2 Å². The SMILES string of the molecule is COC(=O)[C@@H](NC(=O)OC(C)(C)C)[C@@H](C)O[C@@H]1O[C@H](COC(C)=O)[C@H](OC(C)=O)[C@H](OC(C)=O)[C@H]1[N+](=O)[O-]. The lowest BCUT2D eigenvalue weighted by Gasteiger charge is -2.41. The van der Waals surface area contributed by atoms with Crippen LogP contribution in [0.4, 0.5) is 4.79 Å². The Morgan fingerprint density at radius 3 is 2.00 bits per heavy atom. The van der Waals surface area contributed by atoms with Crippen molar-refractivity contribution in [2.24, 2.45) is 0 Å². The quantitative estimate of drug-likeness (QED) is 0.168. The zero-order valence-electron chi connectivity index (χ0n) is 22.4. The van der Waals surface area contributed by atoms with Crippen molar-refractivity contribution in [1.29, 1.82) is 0 Å². The van der Waals surface area contributed by atoms with Crippen molar-refractivity contribution in [2.45, 2.75) is 96.9 Å². The average molecular weight is 551 g/mol. The molecule has 0 unspecified atom stereocenters. The van der Waals surface area contributed by atoms with Crippen LogP contribution < -0.4 is 5.32 Å². The van der Waals surface area contributed by atoms with Gasteiger partial charge in [0, 0.05) is 25.7 Å². The monoisotopic (exact) mass is 550 g/mol. The molecule has 16 nitrogen and oxygen atoms in total. The number of amides is 1. The Hall–Kier alpha value is -3.53. The molecule has 1 N–H and O–H groups in total. The van der Waals surface area contributed by atoms with Crippen LogP contribution in [0.25, 0.3) is 0 Å². The fourth-order valence-electron chi connectivity index (χ4n) is 3.44. The summed E-state index contributed by atoms with van der Waals surface area (Å²) in [6, 6.07) is -3.49. The summed E-state index contributed by atoms with van der Waals surface area (Å²) in [6.45, 7) is 8.60. The lowest BCUT2D eigenvalue weighted by Crippen LogP contribution is -2.65. The summed E-state index contributed by atoms with van der Waals surface area (Å²) in [5.74, 6) is -3.54. The number of methoxy groups -OCH3 is 1. The summed E-state index contributed by atoms with van der Waals surface area (Å²) in [7, 11) is 1.05. The maximum absolute atomic E-state index is 12.4. The number of nitrogens with one attached hydrogen (secondary N) is 1. The fraction of sp³-hybridized carbons (Fsp3) is 0.773. The second-order valence-electron chi connectivity index (χ2n) is 9.26. The van der Waals surface area contributed by atoms with Crippen LogP contribution in [0.5, 0.6) is 0 Å². The van der Waals surface area contributed by atoms with Gasteiger partial charge in [-0.15, -0.1) is 0 Å². The van der Waals surface area contributed by atoms with Crippen LogP contribution in [0.15, 0.2) is 0 Å². The molecule has 216 valence electrons. The summed E-state index contributed by atoms with van der Waals surface area (Å²) in [6.07, 6.45) is -8.86. The first-order chi connectivity index (χ1) is 17.5. The molecule has 1 rings (SSSR count). The van der Waals surface area contributed by atoms with Gasteiger partial charge in [0.25, 0.3) is 0 Å². The first kappa shape index (κ1) is 32.5. The van der Waals surface area contributed by atoms with E-state index in [1.807, 2.05) is 0 Å². The Labute approximate surface area is 218 Å². The standard InChI is InChI=1S/C22H34N2O14/c1-10(15(19(28)32-8)23-21(29)38-22(5,6)7)34-20-16(24(30)31)18(36-13(4)27)17(35-12(3)26)14(37-20)9-33-11(2)25/h10,14-18,20H,9H2,1-8H3,(H,23,29)/t10-,14-,15+,16-,17+,18-,20-/m1/s1. The van der Waals surface area contributed by atoms with Crippen molar-refractivity contribution in [3.8, 4) is 0 Å². The minimum Gasteiger partial charge on any atom is -0.467 e. The average Bonchev–Trinajstić information content (AvgIpc) is 2.75. The summed E-state index contributed by atoms with van der Waals surface area (Å²) in [5, 5.41) is 14.4. The maximum atomic E-state index is 12.4. The molecule has 38 heavy (non-hydrogen) atoms. The van der Waals surface area contributed by atoms with Crippen molar-refractivity contribution in [3.05, 3.63) is 10.1 Å². The van der Waals surface area contributed by atoms with E-state index < -0.39 is 89.9 Å². The summed E-state index contributed by atoms with van der Waals surface area (Å²) >= 11 is 0. The number of carbonyl (C=O) groups excluding carboxylic acids is 5. The molecule has 0 aliphatic carbocycles. The number of hydrogen-bond donors (Lipinski definition) is 1. The zero-order chi connectivity index (χ0) is 29.4. The van der Waals surface area contributed by atoms with Gasteiger partial charge in [0.2, 0.25) is 12.4 Å². The molecule has 1 saturated heterocycles. The number of nitro groups is 1. The van der Waals surface area contributed by atoms with Crippen LogP contribution in [0.3, 0.4) is 0 Å². The summed E-state index contributed by atoms with van der Waals surface area (Å²) in [4.78, 5) is 70.8. The van der Waals surface area contributed by atoms with E-state index in [4.69, 9.17) is 33.2 Å². The largest absolute Gasteiger partial charge is 0.467 e. The van der Waals surface area contributed by atoms with Gasteiger partial charge in [-0.1, -0.05) is 0 Å². The third-order valence-electron chi connectivity index (χ3n) is 4.86. The lowest BCUT2D eigenvalue weighted by molar-refractivity contribution is -0.575. The Morgan fingerprint density at radius 2 is 1.55 bits per heavy atom. The van der Waals surface area contributed by atoms with Crippen molar-refractivity contribution in [2.75, 3.05) is 13.7 Å². The Morgan fingerprint density at radius 1 is 1.00 bits per heavy atom. The lowest BCUT2D eigenvalue weighted by atomic mass is 9.96. The molecule has 0 radical (unpaired) electrons. The molecule has 1 aliphatic heterocycles. The molecule has 0 aromatic heterocycles. The van der Waals surface area contributed by atoms with E-state index in [0.717, 1.165) is 27.9 Å². The second-order valence-corrected chi connectivity index (χ2v) is 9.26. The second kappa shape index (κ2) is 13.9. The van der Waals surface area contributed by atoms with E-state index in [9.17, 15) is 34.1 Å². The van der Waals surface area contributed by atoms with E-state index in [1.165, 1.54) is 6.92 Å². The molecule has 0 aromatic rings. The van der Waals surface area contributed by atoms with E-state index in [0.29, 0.717) is 0 Å². The minimum atomic E-state index is -1.97. The van der Waals surface area contributed by atoms with Crippen LogP contribution in [0.1, 0.15) is 48.5 Å². The van der Waals surface area contributed by atoms with Crippen LogP contribution in [0.2, 0.25) is 0 Å². The smallest absolute Gasteiger partial charge is 0.408 e. The number of rotatable bonds is 10. The number of carbonyl (C=O) groups is 5. The van der Waals surface area contributed by atoms with Crippen LogP contribution in [-0.4, -0.2) is 97.0 Å². The van der Waals surface area contributed by atoms with Gasteiger partial charge in [-0.25, -0.2) is 9.59 Å². The number of alkyl carbamates (subject to hydrolysis) is 1. The Kier molecular flexibility index (Phi) is 11.8. The van der Waals surface area contributed by atoms with Gasteiger partial charge in [-0.05, 0) is 27.7 Å². The van der Waals surface area contributed by atoms with Gasteiger partial charge in [-0.2, -0.15) is 0 Å². The van der Waals surface area contributed by atoms with Gasteiger partial charge in [0.1, 0.15) is 18.3 Å². The molecule has 16 heteroatoms. The number of hydrogen-bond acceptors (Lipinski definition) is 14. The molecule has 0 spiro atoms. The highest BCUT2D eigenvalue weighted by Gasteiger charge is 2.58. The third-order valence-corrected chi connectivity index (χ3v) is 4.86. The van der Waals surface area contributed by atoms with Crippen LogP contribution >= 0.6 is 0 Å². The van der Waals surface area contributed by atoms with E-state index in [2.05, 4.69) is 5.32 Å². The summed E-state index contributed by atoms with van der Waals surface area (Å²) in [5.41, 5.74) is -0.912. The highest BCUT2D eigenvalue weighted by atomic mass is 16.7. The van der Waals surface area contributed by atoms with Crippen molar-refractivity contribution >= 4 is 30.0 Å². The summed E-state index contributed by atoms with van der Waals surface area (Å²) < 4.78 is 36.4.